The molecule has 0 spiro atoms. The number of hydrogen-bond donors (Lipinski definition) is 1. The molecular formula is C12H18N4O. The number of amidine groups is 1. The minimum absolute atomic E-state index is 0.0433. The summed E-state index contributed by atoms with van der Waals surface area (Å²) in [4.78, 5) is 20.1. The van der Waals surface area contributed by atoms with Crippen LogP contribution < -0.4 is 5.84 Å². The summed E-state index contributed by atoms with van der Waals surface area (Å²) in [6.45, 7) is 3.86. The molecule has 0 aliphatic carbocycles. The quantitative estimate of drug-likeness (QED) is 0.741. The standard InChI is InChI=1S/C12H18N4O/c1-3-11(17)8(2)6-10-9-4-5-16(13)12(9)15-7-14-10/h4-5,7-10H,3,6,13H2,1-2H3. The normalized spacial score (nSPS) is 27.9. The third kappa shape index (κ3) is 2.29. The van der Waals surface area contributed by atoms with Crippen LogP contribution in [-0.2, 0) is 4.79 Å². The van der Waals surface area contributed by atoms with Gasteiger partial charge in [0.25, 0.3) is 0 Å². The summed E-state index contributed by atoms with van der Waals surface area (Å²) in [6, 6.07) is 0.0813. The monoisotopic (exact) mass is 234 g/mol. The molecule has 2 rings (SSSR count). The van der Waals surface area contributed by atoms with Gasteiger partial charge >= 0.3 is 0 Å². The fourth-order valence-electron chi connectivity index (χ4n) is 2.29. The number of hydrogen-bond acceptors (Lipinski definition) is 5. The molecule has 0 aromatic heterocycles. The molecule has 0 saturated heterocycles. The van der Waals surface area contributed by atoms with E-state index in [2.05, 4.69) is 9.98 Å². The first-order chi connectivity index (χ1) is 8.13. The summed E-state index contributed by atoms with van der Waals surface area (Å²) >= 11 is 0. The summed E-state index contributed by atoms with van der Waals surface area (Å²) < 4.78 is 0. The van der Waals surface area contributed by atoms with E-state index in [4.69, 9.17) is 5.84 Å². The maximum absolute atomic E-state index is 11.6. The Morgan fingerprint density at radius 3 is 3.12 bits per heavy atom. The van der Waals surface area contributed by atoms with Crippen molar-refractivity contribution in [1.29, 1.82) is 0 Å². The molecule has 2 aliphatic heterocycles. The zero-order chi connectivity index (χ0) is 12.4. The van der Waals surface area contributed by atoms with Gasteiger partial charge in [-0.15, -0.1) is 0 Å². The van der Waals surface area contributed by atoms with Crippen molar-refractivity contribution in [3.8, 4) is 0 Å². The number of hydrazine groups is 1. The Bertz CT molecular complexity index is 399. The van der Waals surface area contributed by atoms with Gasteiger partial charge in [0.1, 0.15) is 18.0 Å². The number of nitrogens with zero attached hydrogens (tertiary/aromatic N) is 3. The van der Waals surface area contributed by atoms with E-state index in [0.29, 0.717) is 6.42 Å². The van der Waals surface area contributed by atoms with E-state index in [0.717, 1.165) is 12.3 Å². The number of nitrogens with two attached hydrogens (primary N) is 1. The summed E-state index contributed by atoms with van der Waals surface area (Å²) in [7, 11) is 0. The Labute approximate surface area is 101 Å². The van der Waals surface area contributed by atoms with Crippen molar-refractivity contribution in [2.24, 2.45) is 27.7 Å². The molecule has 2 heterocycles. The lowest BCUT2D eigenvalue weighted by atomic mass is 9.88. The molecule has 0 aromatic rings. The molecule has 92 valence electrons. The average Bonchev–Trinajstić information content (AvgIpc) is 2.71. The van der Waals surface area contributed by atoms with Crippen LogP contribution >= 0.6 is 0 Å². The average molecular weight is 234 g/mol. The van der Waals surface area contributed by atoms with Gasteiger partial charge in [-0.2, -0.15) is 0 Å². The van der Waals surface area contributed by atoms with Crippen LogP contribution in [0.15, 0.2) is 22.3 Å². The molecule has 17 heavy (non-hydrogen) atoms. The largest absolute Gasteiger partial charge is 0.299 e. The van der Waals surface area contributed by atoms with E-state index >= 15 is 0 Å². The van der Waals surface area contributed by atoms with Crippen LogP contribution in [0.2, 0.25) is 0 Å². The Kier molecular flexibility index (Phi) is 3.38. The minimum atomic E-state index is 0.0433. The zero-order valence-corrected chi connectivity index (χ0v) is 10.2. The third-order valence-electron chi connectivity index (χ3n) is 3.37. The zero-order valence-electron chi connectivity index (χ0n) is 10.2. The molecule has 0 fully saturated rings. The minimum Gasteiger partial charge on any atom is -0.299 e. The number of Topliss-reactive ketones (excluding diaryl/α,β-unsaturated/α-hetero) is 1. The number of carbonyl (C=O) groups is 1. The molecule has 2 aliphatic rings. The number of carbonyl (C=O) groups excluding carboxylic acids is 1. The van der Waals surface area contributed by atoms with Crippen LogP contribution in [0.25, 0.3) is 0 Å². The van der Waals surface area contributed by atoms with Crippen molar-refractivity contribution in [1.82, 2.24) is 5.01 Å². The molecule has 3 atom stereocenters. The van der Waals surface area contributed by atoms with E-state index in [1.165, 1.54) is 5.01 Å². The van der Waals surface area contributed by atoms with Gasteiger partial charge in [0.15, 0.2) is 0 Å². The summed E-state index contributed by atoms with van der Waals surface area (Å²) in [5.74, 6) is 7.03. The first-order valence-corrected chi connectivity index (χ1v) is 5.97. The smallest absolute Gasteiger partial charge is 0.135 e. The van der Waals surface area contributed by atoms with Gasteiger partial charge in [-0.05, 0) is 6.42 Å². The highest BCUT2D eigenvalue weighted by Gasteiger charge is 2.33. The van der Waals surface area contributed by atoms with E-state index < -0.39 is 0 Å². The van der Waals surface area contributed by atoms with Crippen LogP contribution in [0, 0.1) is 11.8 Å². The lowest BCUT2D eigenvalue weighted by Crippen LogP contribution is -2.39. The molecule has 0 radical (unpaired) electrons. The summed E-state index contributed by atoms with van der Waals surface area (Å²) in [5, 5.41) is 1.52. The maximum atomic E-state index is 11.6. The molecule has 0 amide bonds. The van der Waals surface area contributed by atoms with Gasteiger partial charge in [0.2, 0.25) is 0 Å². The van der Waals surface area contributed by atoms with E-state index in [-0.39, 0.29) is 23.7 Å². The van der Waals surface area contributed by atoms with Crippen molar-refractivity contribution in [3.63, 3.8) is 0 Å². The fraction of sp³-hybridized carbons (Fsp3) is 0.583. The Morgan fingerprint density at radius 1 is 1.65 bits per heavy atom. The van der Waals surface area contributed by atoms with Crippen LogP contribution in [0.3, 0.4) is 0 Å². The van der Waals surface area contributed by atoms with Gasteiger partial charge < -0.3 is 0 Å². The highest BCUT2D eigenvalue weighted by molar-refractivity contribution is 5.96. The number of fused-ring (bicyclic) bond motifs is 1. The van der Waals surface area contributed by atoms with Gasteiger partial charge in [-0.25, -0.2) is 10.8 Å². The molecule has 0 bridgehead atoms. The predicted octanol–water partition coefficient (Wildman–Crippen LogP) is 1.12. The van der Waals surface area contributed by atoms with Crippen LogP contribution in [-0.4, -0.2) is 29.0 Å². The van der Waals surface area contributed by atoms with Crippen molar-refractivity contribution < 1.29 is 4.79 Å². The van der Waals surface area contributed by atoms with Gasteiger partial charge in [-0.1, -0.05) is 19.9 Å². The van der Waals surface area contributed by atoms with Crippen molar-refractivity contribution in [3.05, 3.63) is 12.3 Å². The molecule has 3 unspecified atom stereocenters. The fourth-order valence-corrected chi connectivity index (χ4v) is 2.29. The molecule has 2 N–H and O–H groups in total. The first kappa shape index (κ1) is 12.0. The molecule has 5 nitrogen and oxygen atoms in total. The Balaban J connectivity index is 2.04. The Hall–Kier alpha value is -1.49. The second kappa shape index (κ2) is 4.79. The molecular weight excluding hydrogens is 216 g/mol. The lowest BCUT2D eigenvalue weighted by Gasteiger charge is -2.25. The second-order valence-electron chi connectivity index (χ2n) is 4.55. The van der Waals surface area contributed by atoms with E-state index in [1.807, 2.05) is 19.9 Å². The Morgan fingerprint density at radius 2 is 2.41 bits per heavy atom. The summed E-state index contributed by atoms with van der Waals surface area (Å²) in [5.41, 5.74) is 0. The molecule has 0 aromatic carbocycles. The number of aliphatic imine (C=N–C) groups is 2. The van der Waals surface area contributed by atoms with Crippen molar-refractivity contribution >= 4 is 18.0 Å². The van der Waals surface area contributed by atoms with Crippen LogP contribution in [0.4, 0.5) is 0 Å². The van der Waals surface area contributed by atoms with Gasteiger partial charge in [-0.3, -0.25) is 14.8 Å². The number of rotatable bonds is 4. The van der Waals surface area contributed by atoms with Crippen LogP contribution in [0.1, 0.15) is 26.7 Å². The van der Waals surface area contributed by atoms with Crippen molar-refractivity contribution in [2.75, 3.05) is 0 Å². The van der Waals surface area contributed by atoms with Crippen molar-refractivity contribution in [2.45, 2.75) is 32.7 Å². The topological polar surface area (TPSA) is 71.0 Å². The molecule has 5 heteroatoms. The summed E-state index contributed by atoms with van der Waals surface area (Å²) in [6.07, 6.45) is 6.69. The SMILES string of the molecule is CCC(=O)C(C)CC1N=CN=C2C1C=CN2N. The van der Waals surface area contributed by atoms with E-state index in [1.54, 1.807) is 12.5 Å². The maximum Gasteiger partial charge on any atom is 0.135 e. The van der Waals surface area contributed by atoms with Gasteiger partial charge in [0.05, 0.1) is 12.0 Å². The molecule has 0 saturated carbocycles. The van der Waals surface area contributed by atoms with E-state index in [9.17, 15) is 4.79 Å². The predicted molar refractivity (Wildman–Crippen MR) is 67.5 cm³/mol. The second-order valence-corrected chi connectivity index (χ2v) is 4.55. The lowest BCUT2D eigenvalue weighted by molar-refractivity contribution is -0.122. The highest BCUT2D eigenvalue weighted by atomic mass is 16.1. The highest BCUT2D eigenvalue weighted by Crippen LogP contribution is 2.27. The third-order valence-corrected chi connectivity index (χ3v) is 3.37. The number of ketones is 1. The first-order valence-electron chi connectivity index (χ1n) is 5.97. The van der Waals surface area contributed by atoms with Crippen LogP contribution in [0.5, 0.6) is 0 Å². The van der Waals surface area contributed by atoms with Gasteiger partial charge in [0, 0.05) is 18.5 Å².